The first-order valence-electron chi connectivity index (χ1n) is 8.96. The number of carbonyl (C=O) groups excluding carboxylic acids is 1. The molecule has 2 aromatic carbocycles. The molecule has 0 radical (unpaired) electrons. The third-order valence-corrected chi connectivity index (χ3v) is 3.94. The number of hydrogen-bond acceptors (Lipinski definition) is 4. The number of likely N-dealkylation sites (N-methyl/N-ethyl adjacent to an activating group) is 1. The summed E-state index contributed by atoms with van der Waals surface area (Å²) in [7, 11) is 1.94. The first kappa shape index (κ1) is 19.8. The van der Waals surface area contributed by atoms with Crippen molar-refractivity contribution < 1.29 is 14.3 Å². The maximum Gasteiger partial charge on any atom is 0.238 e. The lowest BCUT2D eigenvalue weighted by Crippen LogP contribution is -2.30. The van der Waals surface area contributed by atoms with Crippen molar-refractivity contribution >= 4 is 11.6 Å². The van der Waals surface area contributed by atoms with Crippen molar-refractivity contribution in [1.29, 1.82) is 0 Å². The molecule has 0 fully saturated rings. The molecule has 2 rings (SSSR count). The van der Waals surface area contributed by atoms with Crippen LogP contribution in [0.1, 0.15) is 25.0 Å². The molecule has 0 atom stereocenters. The molecule has 1 amide bonds. The third kappa shape index (κ3) is 5.77. The van der Waals surface area contributed by atoms with Crippen LogP contribution in [-0.4, -0.2) is 37.6 Å². The highest BCUT2D eigenvalue weighted by Gasteiger charge is 2.11. The van der Waals surface area contributed by atoms with Crippen molar-refractivity contribution in [1.82, 2.24) is 4.90 Å². The summed E-state index contributed by atoms with van der Waals surface area (Å²) < 4.78 is 11.1. The zero-order chi connectivity index (χ0) is 18.9. The van der Waals surface area contributed by atoms with Crippen molar-refractivity contribution in [3.8, 4) is 11.5 Å². The van der Waals surface area contributed by atoms with E-state index in [1.54, 1.807) is 6.07 Å². The van der Waals surface area contributed by atoms with Gasteiger partial charge >= 0.3 is 0 Å². The lowest BCUT2D eigenvalue weighted by molar-refractivity contribution is -0.117. The molecular weight excluding hydrogens is 328 g/mol. The fourth-order valence-corrected chi connectivity index (χ4v) is 2.71. The van der Waals surface area contributed by atoms with Crippen LogP contribution < -0.4 is 14.8 Å². The summed E-state index contributed by atoms with van der Waals surface area (Å²) in [6.07, 6.45) is 0. The van der Waals surface area contributed by atoms with Crippen LogP contribution in [-0.2, 0) is 11.3 Å². The number of rotatable bonds is 9. The second-order valence-corrected chi connectivity index (χ2v) is 6.17. The molecule has 0 aliphatic carbocycles. The molecule has 0 heterocycles. The van der Waals surface area contributed by atoms with Gasteiger partial charge in [0.1, 0.15) is 0 Å². The average Bonchev–Trinajstić information content (AvgIpc) is 2.59. The number of benzene rings is 2. The van der Waals surface area contributed by atoms with Gasteiger partial charge in [0.15, 0.2) is 11.5 Å². The van der Waals surface area contributed by atoms with E-state index >= 15 is 0 Å². The maximum atomic E-state index is 12.4. The number of anilines is 1. The summed E-state index contributed by atoms with van der Waals surface area (Å²) in [6.45, 7) is 8.07. The average molecular weight is 356 g/mol. The number of carbonyl (C=O) groups is 1. The second-order valence-electron chi connectivity index (χ2n) is 6.17. The van der Waals surface area contributed by atoms with E-state index < -0.39 is 0 Å². The van der Waals surface area contributed by atoms with Gasteiger partial charge in [-0.1, -0.05) is 24.3 Å². The van der Waals surface area contributed by atoms with Crippen LogP contribution in [0.5, 0.6) is 11.5 Å². The van der Waals surface area contributed by atoms with Gasteiger partial charge in [0.25, 0.3) is 0 Å². The molecule has 0 aliphatic heterocycles. The van der Waals surface area contributed by atoms with Gasteiger partial charge < -0.3 is 14.8 Å². The Bertz CT molecular complexity index is 731. The Kier molecular flexibility index (Phi) is 7.48. The quantitative estimate of drug-likeness (QED) is 0.741. The number of nitrogens with one attached hydrogen (secondary N) is 1. The van der Waals surface area contributed by atoms with Gasteiger partial charge in [-0.3, -0.25) is 9.69 Å². The Morgan fingerprint density at radius 2 is 1.73 bits per heavy atom. The van der Waals surface area contributed by atoms with Crippen molar-refractivity contribution in [3.63, 3.8) is 0 Å². The topological polar surface area (TPSA) is 50.8 Å². The minimum Gasteiger partial charge on any atom is -0.490 e. The standard InChI is InChI=1S/C21H28N2O3/c1-5-25-19-12-11-18(13-20(19)26-6-2)22-21(24)15-23(4)14-17-10-8-7-9-16(17)3/h7-13H,5-6,14-15H2,1-4H3,(H,22,24). The Balaban J connectivity index is 1.96. The molecule has 0 aliphatic rings. The molecular formula is C21H28N2O3. The van der Waals surface area contributed by atoms with Gasteiger partial charge in [-0.2, -0.15) is 0 Å². The summed E-state index contributed by atoms with van der Waals surface area (Å²) >= 11 is 0. The van der Waals surface area contributed by atoms with E-state index in [9.17, 15) is 4.79 Å². The summed E-state index contributed by atoms with van der Waals surface area (Å²) in [5.74, 6) is 1.26. The smallest absolute Gasteiger partial charge is 0.238 e. The van der Waals surface area contributed by atoms with Gasteiger partial charge in [-0.25, -0.2) is 0 Å². The SMILES string of the molecule is CCOc1ccc(NC(=O)CN(C)Cc2ccccc2C)cc1OCC. The lowest BCUT2D eigenvalue weighted by Gasteiger charge is -2.18. The van der Waals surface area contributed by atoms with E-state index in [-0.39, 0.29) is 5.91 Å². The number of nitrogens with zero attached hydrogens (tertiary/aromatic N) is 1. The van der Waals surface area contributed by atoms with Crippen molar-refractivity contribution in [2.45, 2.75) is 27.3 Å². The zero-order valence-corrected chi connectivity index (χ0v) is 16.0. The largest absolute Gasteiger partial charge is 0.490 e. The highest BCUT2D eigenvalue weighted by molar-refractivity contribution is 5.92. The molecule has 2 aromatic rings. The minimum atomic E-state index is -0.0623. The Morgan fingerprint density at radius 1 is 1.04 bits per heavy atom. The lowest BCUT2D eigenvalue weighted by atomic mass is 10.1. The molecule has 0 saturated carbocycles. The molecule has 1 N–H and O–H groups in total. The van der Waals surface area contributed by atoms with E-state index in [4.69, 9.17) is 9.47 Å². The minimum absolute atomic E-state index is 0.0623. The van der Waals surface area contributed by atoms with E-state index in [0.717, 1.165) is 6.54 Å². The van der Waals surface area contributed by atoms with Crippen molar-refractivity contribution in [2.24, 2.45) is 0 Å². The highest BCUT2D eigenvalue weighted by atomic mass is 16.5. The second kappa shape index (κ2) is 9.82. The number of ether oxygens (including phenoxy) is 2. The number of amides is 1. The first-order valence-corrected chi connectivity index (χ1v) is 8.96. The number of aryl methyl sites for hydroxylation is 1. The molecule has 0 aromatic heterocycles. The molecule has 0 saturated heterocycles. The molecule has 0 spiro atoms. The normalized spacial score (nSPS) is 10.7. The Morgan fingerprint density at radius 3 is 2.42 bits per heavy atom. The summed E-state index contributed by atoms with van der Waals surface area (Å²) in [5, 5.41) is 2.93. The van der Waals surface area contributed by atoms with Gasteiger partial charge in [0, 0.05) is 18.3 Å². The monoisotopic (exact) mass is 356 g/mol. The van der Waals surface area contributed by atoms with E-state index in [1.807, 2.05) is 50.1 Å². The van der Waals surface area contributed by atoms with Gasteiger partial charge in [-0.15, -0.1) is 0 Å². The summed E-state index contributed by atoms with van der Waals surface area (Å²) in [6, 6.07) is 13.7. The van der Waals surface area contributed by atoms with Crippen LogP contribution >= 0.6 is 0 Å². The Hall–Kier alpha value is -2.53. The fourth-order valence-electron chi connectivity index (χ4n) is 2.71. The van der Waals surface area contributed by atoms with Crippen LogP contribution in [0.25, 0.3) is 0 Å². The van der Waals surface area contributed by atoms with Crippen LogP contribution in [0.15, 0.2) is 42.5 Å². The highest BCUT2D eigenvalue weighted by Crippen LogP contribution is 2.30. The molecule has 0 bridgehead atoms. The molecule has 5 heteroatoms. The van der Waals surface area contributed by atoms with Crippen molar-refractivity contribution in [3.05, 3.63) is 53.6 Å². The summed E-state index contributed by atoms with van der Waals surface area (Å²) in [4.78, 5) is 14.3. The molecule has 140 valence electrons. The van der Waals surface area contributed by atoms with E-state index in [2.05, 4.69) is 24.4 Å². The maximum absolute atomic E-state index is 12.4. The predicted molar refractivity (Wildman–Crippen MR) is 105 cm³/mol. The Labute approximate surface area is 155 Å². The first-order chi connectivity index (χ1) is 12.5. The van der Waals surface area contributed by atoms with Crippen LogP contribution in [0.2, 0.25) is 0 Å². The van der Waals surface area contributed by atoms with Crippen molar-refractivity contribution in [2.75, 3.05) is 32.1 Å². The van der Waals surface area contributed by atoms with Crippen LogP contribution in [0.3, 0.4) is 0 Å². The van der Waals surface area contributed by atoms with Gasteiger partial charge in [-0.05, 0) is 51.1 Å². The third-order valence-electron chi connectivity index (χ3n) is 3.94. The fraction of sp³-hybridized carbons (Fsp3) is 0.381. The molecule has 5 nitrogen and oxygen atoms in total. The molecule has 26 heavy (non-hydrogen) atoms. The van der Waals surface area contributed by atoms with Gasteiger partial charge in [0.05, 0.1) is 19.8 Å². The zero-order valence-electron chi connectivity index (χ0n) is 16.0. The van der Waals surface area contributed by atoms with Gasteiger partial charge in [0.2, 0.25) is 5.91 Å². The molecule has 0 unspecified atom stereocenters. The summed E-state index contributed by atoms with van der Waals surface area (Å²) in [5.41, 5.74) is 3.15. The van der Waals surface area contributed by atoms with Crippen LogP contribution in [0, 0.1) is 6.92 Å². The number of hydrogen-bond donors (Lipinski definition) is 1. The van der Waals surface area contributed by atoms with E-state index in [0.29, 0.717) is 36.9 Å². The van der Waals surface area contributed by atoms with Crippen LogP contribution in [0.4, 0.5) is 5.69 Å². The van der Waals surface area contributed by atoms with E-state index in [1.165, 1.54) is 11.1 Å². The predicted octanol–water partition coefficient (Wildman–Crippen LogP) is 3.86.